The van der Waals surface area contributed by atoms with Crippen LogP contribution >= 0.6 is 0 Å². The molecule has 1 aliphatic rings. The van der Waals surface area contributed by atoms with E-state index in [0.29, 0.717) is 24.5 Å². The predicted molar refractivity (Wildman–Crippen MR) is 113 cm³/mol. The molecule has 0 saturated heterocycles. The van der Waals surface area contributed by atoms with E-state index in [1.165, 1.54) is 0 Å². The van der Waals surface area contributed by atoms with E-state index in [1.807, 2.05) is 42.5 Å². The van der Waals surface area contributed by atoms with Crippen LogP contribution < -0.4 is 5.32 Å². The number of anilines is 1. The number of H-pyrrole nitrogens is 1. The molecule has 0 atom stereocenters. The van der Waals surface area contributed by atoms with Gasteiger partial charge in [-0.15, -0.1) is 0 Å². The average Bonchev–Trinajstić information content (AvgIpc) is 3.36. The van der Waals surface area contributed by atoms with Crippen molar-refractivity contribution < 1.29 is 9.59 Å². The summed E-state index contributed by atoms with van der Waals surface area (Å²) in [5.74, 6) is 0.320. The largest absolute Gasteiger partial charge is 0.328 e. The van der Waals surface area contributed by atoms with Crippen molar-refractivity contribution in [1.82, 2.24) is 20.1 Å². The molecule has 0 fully saturated rings. The number of benzene rings is 2. The molecule has 30 heavy (non-hydrogen) atoms. The Labute approximate surface area is 172 Å². The van der Waals surface area contributed by atoms with E-state index in [0.717, 1.165) is 27.6 Å². The van der Waals surface area contributed by atoms with E-state index >= 15 is 0 Å². The normalized spacial score (nSPS) is 12.7. The number of pyridine rings is 1. The minimum absolute atomic E-state index is 0.102. The first-order chi connectivity index (χ1) is 14.7. The summed E-state index contributed by atoms with van der Waals surface area (Å²) in [5, 5.41) is 12.3. The van der Waals surface area contributed by atoms with Crippen LogP contribution in [0.2, 0.25) is 0 Å². The zero-order chi connectivity index (χ0) is 20.5. The van der Waals surface area contributed by atoms with Gasteiger partial charge >= 0.3 is 0 Å². The molecular weight excluding hydrogens is 378 g/mol. The van der Waals surface area contributed by atoms with Crippen LogP contribution in [0.5, 0.6) is 0 Å². The standard InChI is InChI=1S/C23H19N5O2/c29-21(11-15-7-8-16-4-1-2-5-17(16)10-15)25-22-19-13-28(14-20(19)26-27-22)23(30)18-6-3-9-24-12-18/h1-10,12H,11,13-14H2,(H2,25,26,27,29). The summed E-state index contributed by atoms with van der Waals surface area (Å²) in [6.45, 7) is 0.797. The molecule has 0 spiro atoms. The fraction of sp³-hybridized carbons (Fsp3) is 0.130. The van der Waals surface area contributed by atoms with Crippen LogP contribution in [-0.2, 0) is 24.3 Å². The maximum atomic E-state index is 12.7. The smallest absolute Gasteiger partial charge is 0.256 e. The van der Waals surface area contributed by atoms with Crippen LogP contribution in [0.3, 0.4) is 0 Å². The van der Waals surface area contributed by atoms with Crippen molar-refractivity contribution in [2.24, 2.45) is 0 Å². The first-order valence-electron chi connectivity index (χ1n) is 9.70. The number of nitrogens with one attached hydrogen (secondary N) is 2. The Hall–Kier alpha value is -4.00. The number of carbonyl (C=O) groups excluding carboxylic acids is 2. The summed E-state index contributed by atoms with van der Waals surface area (Å²) >= 11 is 0. The van der Waals surface area contributed by atoms with E-state index < -0.39 is 0 Å². The van der Waals surface area contributed by atoms with Gasteiger partial charge in [0.05, 0.1) is 30.8 Å². The minimum atomic E-state index is -0.131. The zero-order valence-corrected chi connectivity index (χ0v) is 16.1. The molecular formula is C23H19N5O2. The number of aromatic nitrogens is 3. The molecule has 2 N–H and O–H groups in total. The molecule has 0 aliphatic carbocycles. The fourth-order valence-electron chi connectivity index (χ4n) is 3.77. The van der Waals surface area contributed by atoms with Gasteiger partial charge in [0.2, 0.25) is 5.91 Å². The summed E-state index contributed by atoms with van der Waals surface area (Å²) in [7, 11) is 0. The lowest BCUT2D eigenvalue weighted by Crippen LogP contribution is -2.26. The van der Waals surface area contributed by atoms with Crippen molar-refractivity contribution in [3.8, 4) is 0 Å². The van der Waals surface area contributed by atoms with Crippen LogP contribution in [0.15, 0.2) is 67.0 Å². The van der Waals surface area contributed by atoms with Crippen molar-refractivity contribution in [1.29, 1.82) is 0 Å². The van der Waals surface area contributed by atoms with Crippen molar-refractivity contribution in [3.63, 3.8) is 0 Å². The lowest BCUT2D eigenvalue weighted by molar-refractivity contribution is -0.115. The molecule has 0 saturated carbocycles. The number of amides is 2. The minimum Gasteiger partial charge on any atom is -0.328 e. The number of nitrogens with zero attached hydrogens (tertiary/aromatic N) is 3. The van der Waals surface area contributed by atoms with Gasteiger partial charge in [0, 0.05) is 18.0 Å². The molecule has 7 heteroatoms. The van der Waals surface area contributed by atoms with Gasteiger partial charge in [-0.1, -0.05) is 42.5 Å². The lowest BCUT2D eigenvalue weighted by atomic mass is 10.0. The van der Waals surface area contributed by atoms with E-state index in [2.05, 4.69) is 20.5 Å². The molecule has 148 valence electrons. The highest BCUT2D eigenvalue weighted by atomic mass is 16.2. The van der Waals surface area contributed by atoms with Crippen molar-refractivity contribution in [2.75, 3.05) is 5.32 Å². The van der Waals surface area contributed by atoms with Gasteiger partial charge in [-0.05, 0) is 28.5 Å². The van der Waals surface area contributed by atoms with Crippen LogP contribution in [0, 0.1) is 0 Å². The Morgan fingerprint density at radius 3 is 2.73 bits per heavy atom. The zero-order valence-electron chi connectivity index (χ0n) is 16.1. The Morgan fingerprint density at radius 1 is 1.03 bits per heavy atom. The molecule has 3 heterocycles. The SMILES string of the molecule is O=C(Cc1ccc2ccccc2c1)Nc1[nH]nc2c1CN(C(=O)c1cccnc1)C2. The molecule has 1 aliphatic heterocycles. The molecule has 0 radical (unpaired) electrons. The summed E-state index contributed by atoms with van der Waals surface area (Å²) in [6, 6.07) is 17.6. The topological polar surface area (TPSA) is 91.0 Å². The molecule has 0 unspecified atom stereocenters. The average molecular weight is 397 g/mol. The summed E-state index contributed by atoms with van der Waals surface area (Å²) in [4.78, 5) is 31.0. The monoisotopic (exact) mass is 397 g/mol. The van der Waals surface area contributed by atoms with Gasteiger partial charge in [0.25, 0.3) is 5.91 Å². The second-order valence-corrected chi connectivity index (χ2v) is 7.33. The number of fused-ring (bicyclic) bond motifs is 2. The molecule has 2 aromatic carbocycles. The van der Waals surface area contributed by atoms with Gasteiger partial charge in [0.1, 0.15) is 5.82 Å². The second-order valence-electron chi connectivity index (χ2n) is 7.33. The Balaban J connectivity index is 1.27. The van der Waals surface area contributed by atoms with Gasteiger partial charge < -0.3 is 10.2 Å². The quantitative estimate of drug-likeness (QED) is 0.553. The van der Waals surface area contributed by atoms with E-state index in [1.54, 1.807) is 29.4 Å². The Bertz CT molecular complexity index is 1250. The molecule has 5 rings (SSSR count). The van der Waals surface area contributed by atoms with E-state index in [-0.39, 0.29) is 18.2 Å². The van der Waals surface area contributed by atoms with Gasteiger partial charge in [-0.2, -0.15) is 5.10 Å². The third kappa shape index (κ3) is 3.41. The van der Waals surface area contributed by atoms with Crippen LogP contribution in [0.4, 0.5) is 5.82 Å². The fourth-order valence-corrected chi connectivity index (χ4v) is 3.77. The summed E-state index contributed by atoms with van der Waals surface area (Å²) < 4.78 is 0. The van der Waals surface area contributed by atoms with Crippen LogP contribution in [-0.4, -0.2) is 31.9 Å². The van der Waals surface area contributed by atoms with Gasteiger partial charge in [-0.25, -0.2) is 0 Å². The number of rotatable bonds is 4. The highest BCUT2D eigenvalue weighted by Gasteiger charge is 2.29. The summed E-state index contributed by atoms with van der Waals surface area (Å²) in [6.07, 6.45) is 3.45. The third-order valence-corrected chi connectivity index (χ3v) is 5.28. The molecule has 7 nitrogen and oxygen atoms in total. The first kappa shape index (κ1) is 18.1. The number of hydrogen-bond donors (Lipinski definition) is 2. The number of hydrogen-bond acceptors (Lipinski definition) is 4. The highest BCUT2D eigenvalue weighted by molar-refractivity contribution is 5.95. The highest BCUT2D eigenvalue weighted by Crippen LogP contribution is 2.28. The number of aromatic amines is 1. The second kappa shape index (κ2) is 7.44. The lowest BCUT2D eigenvalue weighted by Gasteiger charge is -2.15. The van der Waals surface area contributed by atoms with Crippen LogP contribution in [0.1, 0.15) is 27.2 Å². The molecule has 2 amide bonds. The van der Waals surface area contributed by atoms with Crippen LogP contribution in [0.25, 0.3) is 10.8 Å². The molecule has 2 aromatic heterocycles. The predicted octanol–water partition coefficient (Wildman–Crippen LogP) is 3.30. The molecule has 4 aromatic rings. The molecule has 0 bridgehead atoms. The number of carbonyl (C=O) groups is 2. The van der Waals surface area contributed by atoms with E-state index in [9.17, 15) is 9.59 Å². The Kier molecular flexibility index (Phi) is 4.48. The van der Waals surface area contributed by atoms with Gasteiger partial charge in [-0.3, -0.25) is 19.7 Å². The van der Waals surface area contributed by atoms with Crippen molar-refractivity contribution >= 4 is 28.4 Å². The Morgan fingerprint density at radius 2 is 1.90 bits per heavy atom. The van der Waals surface area contributed by atoms with Crippen molar-refractivity contribution in [2.45, 2.75) is 19.5 Å². The summed E-state index contributed by atoms with van der Waals surface area (Å²) in [5.41, 5.74) is 3.09. The van der Waals surface area contributed by atoms with Crippen molar-refractivity contribution in [3.05, 3.63) is 89.4 Å². The third-order valence-electron chi connectivity index (χ3n) is 5.28. The maximum Gasteiger partial charge on any atom is 0.256 e. The van der Waals surface area contributed by atoms with E-state index in [4.69, 9.17) is 0 Å². The van der Waals surface area contributed by atoms with Gasteiger partial charge in [0.15, 0.2) is 0 Å². The maximum absolute atomic E-state index is 12.7. The first-order valence-corrected chi connectivity index (χ1v) is 9.70.